The number of benzene rings is 2. The van der Waals surface area contributed by atoms with E-state index in [0.29, 0.717) is 17.9 Å². The van der Waals surface area contributed by atoms with E-state index >= 15 is 0 Å². The number of rotatable bonds is 5. The molecule has 1 aromatic heterocycles. The monoisotopic (exact) mass is 440 g/mol. The molecule has 0 radical (unpaired) electrons. The number of para-hydroxylation sites is 2. The molecule has 0 amide bonds. The summed E-state index contributed by atoms with van der Waals surface area (Å²) in [5, 5.41) is 0. The van der Waals surface area contributed by atoms with E-state index in [1.54, 1.807) is 11.8 Å². The van der Waals surface area contributed by atoms with Gasteiger partial charge >= 0.3 is 0 Å². The largest absolute Gasteiger partial charge is 0.338 e. The Morgan fingerprint density at radius 3 is 2.44 bits per heavy atom. The first-order chi connectivity index (χ1) is 15.4. The van der Waals surface area contributed by atoms with Crippen molar-refractivity contribution in [1.82, 2.24) is 4.98 Å². The van der Waals surface area contributed by atoms with E-state index in [1.807, 2.05) is 6.20 Å². The zero-order valence-corrected chi connectivity index (χ0v) is 20.5. The molecule has 0 spiro atoms. The van der Waals surface area contributed by atoms with Gasteiger partial charge in [0.2, 0.25) is 0 Å². The van der Waals surface area contributed by atoms with Gasteiger partial charge in [-0.15, -0.1) is 11.8 Å². The van der Waals surface area contributed by atoms with Crippen LogP contribution >= 0.6 is 11.8 Å². The molecule has 4 rings (SSSR count). The number of allylic oxidation sites excluding steroid dienone is 2. The lowest BCUT2D eigenvalue weighted by Crippen LogP contribution is -2.38. The summed E-state index contributed by atoms with van der Waals surface area (Å²) in [6.45, 7) is 13.5. The molecule has 3 heteroatoms. The van der Waals surface area contributed by atoms with Gasteiger partial charge < -0.3 is 4.90 Å². The fourth-order valence-corrected chi connectivity index (χ4v) is 5.25. The number of hydrogen-bond donors (Lipinski definition) is 0. The molecule has 1 aliphatic rings. The van der Waals surface area contributed by atoms with Crippen molar-refractivity contribution < 1.29 is 0 Å². The smallest absolute Gasteiger partial charge is 0.0699 e. The Labute approximate surface area is 197 Å². The van der Waals surface area contributed by atoms with Crippen LogP contribution in [0.2, 0.25) is 0 Å². The zero-order chi connectivity index (χ0) is 22.8. The van der Waals surface area contributed by atoms with E-state index in [0.717, 1.165) is 11.3 Å². The van der Waals surface area contributed by atoms with E-state index in [4.69, 9.17) is 4.98 Å². The Hall–Kier alpha value is -2.78. The maximum atomic E-state index is 4.75. The highest BCUT2D eigenvalue weighted by Gasteiger charge is 2.33. The summed E-state index contributed by atoms with van der Waals surface area (Å²) < 4.78 is 0. The number of fused-ring (bicyclic) bond motifs is 1. The number of pyridine rings is 1. The van der Waals surface area contributed by atoms with Gasteiger partial charge in [0.1, 0.15) is 0 Å². The fourth-order valence-electron chi connectivity index (χ4n) is 4.57. The average molecular weight is 441 g/mol. The number of thioether (sulfide) groups is 1. The Morgan fingerprint density at radius 1 is 1.06 bits per heavy atom. The highest BCUT2D eigenvalue weighted by atomic mass is 32.2. The van der Waals surface area contributed by atoms with E-state index < -0.39 is 0 Å². The summed E-state index contributed by atoms with van der Waals surface area (Å²) in [6, 6.07) is 21.9. The molecule has 2 atom stereocenters. The van der Waals surface area contributed by atoms with Crippen LogP contribution in [0.3, 0.4) is 0 Å². The predicted octanol–water partition coefficient (Wildman–Crippen LogP) is 8.20. The van der Waals surface area contributed by atoms with Crippen LogP contribution in [0.4, 0.5) is 11.4 Å². The summed E-state index contributed by atoms with van der Waals surface area (Å²) in [7, 11) is 0. The van der Waals surface area contributed by atoms with E-state index in [1.165, 1.54) is 33.0 Å². The summed E-state index contributed by atoms with van der Waals surface area (Å²) in [6.07, 6.45) is 6.37. The Bertz CT molecular complexity index is 1150. The molecule has 164 valence electrons. The van der Waals surface area contributed by atoms with Crippen molar-refractivity contribution in [2.24, 2.45) is 5.92 Å². The van der Waals surface area contributed by atoms with Crippen molar-refractivity contribution in [3.8, 4) is 0 Å². The first-order valence-electron chi connectivity index (χ1n) is 11.3. The van der Waals surface area contributed by atoms with Crippen LogP contribution in [-0.4, -0.2) is 17.3 Å². The third-order valence-corrected chi connectivity index (χ3v) is 7.31. The van der Waals surface area contributed by atoms with Crippen molar-refractivity contribution in [1.29, 1.82) is 0 Å². The van der Waals surface area contributed by atoms with E-state index in [9.17, 15) is 0 Å². The van der Waals surface area contributed by atoms with Gasteiger partial charge in [-0.25, -0.2) is 0 Å². The second-order valence-electron chi connectivity index (χ2n) is 8.84. The Balaban J connectivity index is 1.78. The van der Waals surface area contributed by atoms with E-state index in [2.05, 4.69) is 112 Å². The molecule has 0 fully saturated rings. The van der Waals surface area contributed by atoms with Gasteiger partial charge in [-0.3, -0.25) is 4.98 Å². The maximum absolute atomic E-state index is 4.75. The third-order valence-electron chi connectivity index (χ3n) is 6.53. The Kier molecular flexibility index (Phi) is 6.57. The van der Waals surface area contributed by atoms with Crippen molar-refractivity contribution in [2.75, 3.05) is 11.2 Å². The van der Waals surface area contributed by atoms with Crippen LogP contribution in [0.15, 0.2) is 84.4 Å². The van der Waals surface area contributed by atoms with Crippen molar-refractivity contribution in [3.63, 3.8) is 0 Å². The molecule has 2 nitrogen and oxygen atoms in total. The quantitative estimate of drug-likeness (QED) is 0.372. The highest BCUT2D eigenvalue weighted by Crippen LogP contribution is 2.45. The number of hydrogen-bond acceptors (Lipinski definition) is 3. The molecule has 2 heterocycles. The normalized spacial score (nSPS) is 19.3. The minimum atomic E-state index is 0.324. The molecule has 0 bridgehead atoms. The molecular weight excluding hydrogens is 408 g/mol. The van der Waals surface area contributed by atoms with Gasteiger partial charge in [0.25, 0.3) is 0 Å². The summed E-state index contributed by atoms with van der Waals surface area (Å²) >= 11 is 1.76. The number of anilines is 2. The van der Waals surface area contributed by atoms with Crippen molar-refractivity contribution >= 4 is 34.3 Å². The van der Waals surface area contributed by atoms with Crippen LogP contribution in [0.5, 0.6) is 0 Å². The Morgan fingerprint density at radius 2 is 1.75 bits per heavy atom. The van der Waals surface area contributed by atoms with Crippen LogP contribution in [0.25, 0.3) is 11.1 Å². The molecular formula is C29H32N2S. The highest BCUT2D eigenvalue weighted by molar-refractivity contribution is 7.98. The SMILES string of the molecule is C=C(/C=C1/c2ccccc2N(c2ccccc2)[C@@H](C)C1C)c1cc(C(C)C)c(SC)cn1. The molecule has 1 aliphatic heterocycles. The zero-order valence-electron chi connectivity index (χ0n) is 19.7. The minimum Gasteiger partial charge on any atom is -0.338 e. The van der Waals surface area contributed by atoms with Gasteiger partial charge in [0.15, 0.2) is 0 Å². The molecule has 2 aromatic carbocycles. The minimum absolute atomic E-state index is 0.324. The molecule has 0 N–H and O–H groups in total. The van der Waals surface area contributed by atoms with Gasteiger partial charge in [-0.2, -0.15) is 0 Å². The lowest BCUT2D eigenvalue weighted by Gasteiger charge is -2.42. The van der Waals surface area contributed by atoms with Crippen LogP contribution < -0.4 is 4.90 Å². The van der Waals surface area contributed by atoms with Crippen molar-refractivity contribution in [3.05, 3.63) is 96.3 Å². The van der Waals surface area contributed by atoms with Gasteiger partial charge in [-0.05, 0) is 66.1 Å². The third kappa shape index (κ3) is 4.14. The summed E-state index contributed by atoms with van der Waals surface area (Å²) in [5.41, 5.74) is 8.34. The average Bonchev–Trinajstić information content (AvgIpc) is 2.82. The van der Waals surface area contributed by atoms with Gasteiger partial charge in [0.05, 0.1) is 5.69 Å². The first kappa shape index (κ1) is 22.4. The molecule has 32 heavy (non-hydrogen) atoms. The summed E-state index contributed by atoms with van der Waals surface area (Å²) in [5.74, 6) is 0.797. The topological polar surface area (TPSA) is 16.1 Å². The van der Waals surface area contributed by atoms with Crippen molar-refractivity contribution in [2.45, 2.75) is 44.6 Å². The second kappa shape index (κ2) is 9.38. The van der Waals surface area contributed by atoms with Crippen LogP contribution in [-0.2, 0) is 0 Å². The maximum Gasteiger partial charge on any atom is 0.0699 e. The second-order valence-corrected chi connectivity index (χ2v) is 9.69. The number of nitrogens with zero attached hydrogens (tertiary/aromatic N) is 2. The first-order valence-corrected chi connectivity index (χ1v) is 12.5. The molecule has 0 saturated carbocycles. The molecule has 1 unspecified atom stereocenters. The van der Waals surface area contributed by atoms with Crippen LogP contribution in [0.1, 0.15) is 50.4 Å². The fraction of sp³-hybridized carbons (Fsp3) is 0.276. The molecule has 0 saturated heterocycles. The lowest BCUT2D eigenvalue weighted by molar-refractivity contribution is 0.569. The number of aromatic nitrogens is 1. The predicted molar refractivity (Wildman–Crippen MR) is 141 cm³/mol. The van der Waals surface area contributed by atoms with E-state index in [-0.39, 0.29) is 0 Å². The molecule has 3 aromatic rings. The van der Waals surface area contributed by atoms with Gasteiger partial charge in [0, 0.05) is 40.0 Å². The van der Waals surface area contributed by atoms with Gasteiger partial charge in [-0.1, -0.05) is 63.7 Å². The summed E-state index contributed by atoms with van der Waals surface area (Å²) in [4.78, 5) is 8.45. The van der Waals surface area contributed by atoms with Crippen LogP contribution in [0, 0.1) is 5.92 Å². The standard InChI is InChI=1S/C29H32N2S/c1-19(2)25-17-27(30-18-29(25)32-6)20(3)16-26-21(4)22(5)31(23-12-8-7-9-13-23)28-15-11-10-14-24(26)28/h7-19,21-22H,3H2,1-2,4-6H3/b26-16+/t21?,22-/m0/s1. The lowest BCUT2D eigenvalue weighted by atomic mass is 9.81. The molecule has 0 aliphatic carbocycles.